The molecule has 0 N–H and O–H groups in total. The number of amides is 2. The molecule has 0 aliphatic carbocycles. The van der Waals surface area contributed by atoms with E-state index in [1.54, 1.807) is 12.4 Å². The summed E-state index contributed by atoms with van der Waals surface area (Å²) in [6.07, 6.45) is 4.52. The number of hydrogen-bond donors (Lipinski definition) is 0. The molecule has 2 amide bonds. The molecule has 136 valence electrons. The smallest absolute Gasteiger partial charge is 0.320 e. The number of morpholine rings is 1. The van der Waals surface area contributed by atoms with E-state index in [1.165, 1.54) is 0 Å². The molecule has 0 saturated carbocycles. The quantitative estimate of drug-likeness (QED) is 0.735. The third kappa shape index (κ3) is 3.55. The summed E-state index contributed by atoms with van der Waals surface area (Å²) in [4.78, 5) is 27.7. The van der Waals surface area contributed by atoms with Crippen molar-refractivity contribution in [3.63, 3.8) is 0 Å². The molecule has 1 atom stereocenters. The van der Waals surface area contributed by atoms with Gasteiger partial charge in [0.25, 0.3) is 0 Å². The van der Waals surface area contributed by atoms with E-state index < -0.39 is 0 Å². The highest BCUT2D eigenvalue weighted by molar-refractivity contribution is 5.74. The zero-order valence-corrected chi connectivity index (χ0v) is 14.5. The van der Waals surface area contributed by atoms with E-state index in [0.717, 1.165) is 32.0 Å². The summed E-state index contributed by atoms with van der Waals surface area (Å²) >= 11 is 0. The Hall–Kier alpha value is -1.93. The van der Waals surface area contributed by atoms with Crippen molar-refractivity contribution in [2.75, 3.05) is 70.6 Å². The lowest BCUT2D eigenvalue weighted by atomic mass is 9.87. The molecule has 0 aromatic carbocycles. The van der Waals surface area contributed by atoms with Crippen molar-refractivity contribution in [2.45, 2.75) is 6.42 Å². The summed E-state index contributed by atoms with van der Waals surface area (Å²) in [7, 11) is 0. The van der Waals surface area contributed by atoms with E-state index in [1.807, 2.05) is 15.9 Å². The minimum absolute atomic E-state index is 0.0440. The molecule has 3 aliphatic heterocycles. The molecule has 4 rings (SSSR count). The van der Waals surface area contributed by atoms with Crippen LogP contribution in [0.4, 0.5) is 10.7 Å². The second-order valence-electron chi connectivity index (χ2n) is 7.08. The Morgan fingerprint density at radius 3 is 2.48 bits per heavy atom. The first-order valence-electron chi connectivity index (χ1n) is 8.97. The van der Waals surface area contributed by atoms with E-state index in [-0.39, 0.29) is 11.4 Å². The number of nitrogens with zero attached hydrogens (tertiary/aromatic N) is 5. The van der Waals surface area contributed by atoms with Crippen LogP contribution in [-0.2, 0) is 9.47 Å². The maximum absolute atomic E-state index is 12.9. The van der Waals surface area contributed by atoms with Gasteiger partial charge in [-0.2, -0.15) is 0 Å². The first kappa shape index (κ1) is 16.5. The van der Waals surface area contributed by atoms with Crippen molar-refractivity contribution in [1.82, 2.24) is 19.8 Å². The SMILES string of the molecule is O=C(N1CCOCC1)N1CCOC[C@@]2(CCN(c3ncccn3)C2)C1. The molecular weight excluding hydrogens is 322 g/mol. The predicted molar refractivity (Wildman–Crippen MR) is 91.5 cm³/mol. The zero-order valence-electron chi connectivity index (χ0n) is 14.5. The maximum atomic E-state index is 12.9. The Bertz CT molecular complexity index is 595. The van der Waals surface area contributed by atoms with Crippen LogP contribution >= 0.6 is 0 Å². The van der Waals surface area contributed by atoms with Crippen LogP contribution in [0.5, 0.6) is 0 Å². The second-order valence-corrected chi connectivity index (χ2v) is 7.08. The van der Waals surface area contributed by atoms with Crippen LogP contribution in [0.25, 0.3) is 0 Å². The average Bonchev–Trinajstić information content (AvgIpc) is 2.97. The highest BCUT2D eigenvalue weighted by Crippen LogP contribution is 2.35. The summed E-state index contributed by atoms with van der Waals surface area (Å²) in [6.45, 7) is 6.98. The Morgan fingerprint density at radius 2 is 1.68 bits per heavy atom. The van der Waals surface area contributed by atoms with Crippen molar-refractivity contribution in [2.24, 2.45) is 5.41 Å². The summed E-state index contributed by atoms with van der Waals surface area (Å²) in [6, 6.07) is 1.94. The summed E-state index contributed by atoms with van der Waals surface area (Å²) in [5, 5.41) is 0. The van der Waals surface area contributed by atoms with Gasteiger partial charge in [-0.15, -0.1) is 0 Å². The fourth-order valence-corrected chi connectivity index (χ4v) is 3.92. The van der Waals surface area contributed by atoms with Gasteiger partial charge in [0.15, 0.2) is 0 Å². The first-order chi connectivity index (χ1) is 12.3. The summed E-state index contributed by atoms with van der Waals surface area (Å²) < 4.78 is 11.2. The largest absolute Gasteiger partial charge is 0.379 e. The predicted octanol–water partition coefficient (Wildman–Crippen LogP) is 0.458. The molecule has 1 spiro atoms. The molecule has 3 fully saturated rings. The molecule has 4 heterocycles. The zero-order chi connectivity index (χ0) is 17.1. The fourth-order valence-electron chi connectivity index (χ4n) is 3.92. The monoisotopic (exact) mass is 347 g/mol. The topological polar surface area (TPSA) is 71.0 Å². The summed E-state index contributed by atoms with van der Waals surface area (Å²) in [5.74, 6) is 0.759. The molecule has 1 aromatic heterocycles. The number of carbonyl (C=O) groups excluding carboxylic acids is 1. The van der Waals surface area contributed by atoms with E-state index in [2.05, 4.69) is 14.9 Å². The Balaban J connectivity index is 1.45. The van der Waals surface area contributed by atoms with Gasteiger partial charge < -0.3 is 24.2 Å². The Kier molecular flexibility index (Phi) is 4.72. The number of anilines is 1. The molecule has 0 radical (unpaired) electrons. The molecule has 0 unspecified atom stereocenters. The highest BCUT2D eigenvalue weighted by atomic mass is 16.5. The average molecular weight is 347 g/mol. The van der Waals surface area contributed by atoms with Crippen LogP contribution in [0.1, 0.15) is 6.42 Å². The lowest BCUT2D eigenvalue weighted by molar-refractivity contribution is 0.0409. The molecule has 25 heavy (non-hydrogen) atoms. The minimum atomic E-state index is -0.0440. The van der Waals surface area contributed by atoms with E-state index in [4.69, 9.17) is 9.47 Å². The van der Waals surface area contributed by atoms with Crippen molar-refractivity contribution >= 4 is 12.0 Å². The van der Waals surface area contributed by atoms with Gasteiger partial charge in [-0.1, -0.05) is 0 Å². The van der Waals surface area contributed by atoms with E-state index in [9.17, 15) is 4.79 Å². The van der Waals surface area contributed by atoms with Crippen LogP contribution in [-0.4, -0.2) is 91.5 Å². The molecular formula is C17H25N5O3. The van der Waals surface area contributed by atoms with Gasteiger partial charge in [-0.25, -0.2) is 14.8 Å². The summed E-state index contributed by atoms with van der Waals surface area (Å²) in [5.41, 5.74) is -0.0440. The van der Waals surface area contributed by atoms with Gasteiger partial charge >= 0.3 is 6.03 Å². The molecule has 8 heteroatoms. The molecule has 8 nitrogen and oxygen atoms in total. The van der Waals surface area contributed by atoms with Gasteiger partial charge in [0.2, 0.25) is 5.95 Å². The number of ether oxygens (including phenoxy) is 2. The number of hydrogen-bond acceptors (Lipinski definition) is 6. The Morgan fingerprint density at radius 1 is 0.960 bits per heavy atom. The third-order valence-electron chi connectivity index (χ3n) is 5.27. The Labute approximate surface area is 147 Å². The van der Waals surface area contributed by atoms with Crippen LogP contribution in [0.15, 0.2) is 18.5 Å². The third-order valence-corrected chi connectivity index (χ3v) is 5.27. The van der Waals surface area contributed by atoms with Crippen molar-refractivity contribution in [1.29, 1.82) is 0 Å². The van der Waals surface area contributed by atoms with Crippen molar-refractivity contribution in [3.05, 3.63) is 18.5 Å². The van der Waals surface area contributed by atoms with Gasteiger partial charge in [0.05, 0.1) is 26.4 Å². The highest BCUT2D eigenvalue weighted by Gasteiger charge is 2.43. The number of urea groups is 1. The standard InChI is InChI=1S/C17H25N5O3/c23-16(20-6-9-24-10-7-20)22-8-11-25-14-17(13-22)2-5-21(12-17)15-18-3-1-4-19-15/h1,3-4H,2,5-14H2/t17-/m1/s1. The van der Waals surface area contributed by atoms with Crippen LogP contribution in [0.2, 0.25) is 0 Å². The lowest BCUT2D eigenvalue weighted by Crippen LogP contribution is -2.51. The second kappa shape index (κ2) is 7.13. The molecule has 3 aliphatic rings. The lowest BCUT2D eigenvalue weighted by Gasteiger charge is -2.36. The molecule has 1 aromatic rings. The number of rotatable bonds is 1. The normalized spacial score (nSPS) is 27.6. The molecule has 3 saturated heterocycles. The van der Waals surface area contributed by atoms with Crippen molar-refractivity contribution in [3.8, 4) is 0 Å². The number of carbonyl (C=O) groups is 1. The number of aromatic nitrogens is 2. The van der Waals surface area contributed by atoms with Crippen molar-refractivity contribution < 1.29 is 14.3 Å². The molecule has 0 bridgehead atoms. The van der Waals surface area contributed by atoms with E-state index >= 15 is 0 Å². The van der Waals surface area contributed by atoms with Gasteiger partial charge in [-0.3, -0.25) is 0 Å². The van der Waals surface area contributed by atoms with Crippen LogP contribution in [0.3, 0.4) is 0 Å². The van der Waals surface area contributed by atoms with Crippen LogP contribution in [0, 0.1) is 5.41 Å². The van der Waals surface area contributed by atoms with E-state index in [0.29, 0.717) is 46.1 Å². The van der Waals surface area contributed by atoms with Crippen LogP contribution < -0.4 is 4.90 Å². The fraction of sp³-hybridized carbons (Fsp3) is 0.706. The van der Waals surface area contributed by atoms with Gasteiger partial charge in [-0.05, 0) is 12.5 Å². The maximum Gasteiger partial charge on any atom is 0.320 e. The first-order valence-corrected chi connectivity index (χ1v) is 8.97. The minimum Gasteiger partial charge on any atom is -0.379 e. The van der Waals surface area contributed by atoms with Gasteiger partial charge in [0.1, 0.15) is 0 Å². The van der Waals surface area contributed by atoms with Gasteiger partial charge in [0, 0.05) is 57.1 Å².